The fourth-order valence-corrected chi connectivity index (χ4v) is 0.999. The molecule has 0 atom stereocenters. The monoisotopic (exact) mass is 234 g/mol. The van der Waals surface area contributed by atoms with Gasteiger partial charge in [-0.3, -0.25) is 0 Å². The molecule has 0 fully saturated rings. The van der Waals surface area contributed by atoms with E-state index >= 15 is 0 Å². The maximum Gasteiger partial charge on any atom is 0.133 e. The average Bonchev–Trinajstić information content (AvgIpc) is 2.37. The van der Waals surface area contributed by atoms with E-state index in [1.807, 2.05) is 58.9 Å². The smallest absolute Gasteiger partial charge is 0.133 e. The third kappa shape index (κ3) is 8.32. The number of hydrogen-bond acceptors (Lipinski definition) is 1. The van der Waals surface area contributed by atoms with Gasteiger partial charge in [0.15, 0.2) is 0 Å². The highest BCUT2D eigenvalue weighted by Gasteiger charge is 2.00. The van der Waals surface area contributed by atoms with E-state index in [9.17, 15) is 0 Å². The molecular formula is C16H26O. The molecule has 0 aromatic carbocycles. The molecule has 0 amide bonds. The van der Waals surface area contributed by atoms with Gasteiger partial charge < -0.3 is 4.74 Å². The highest BCUT2D eigenvalue weighted by Crippen LogP contribution is 2.16. The Labute approximate surface area is 107 Å². The van der Waals surface area contributed by atoms with Crippen molar-refractivity contribution in [2.75, 3.05) is 0 Å². The molecule has 0 unspecified atom stereocenters. The number of allylic oxidation sites excluding steroid dienone is 7. The standard InChI is InChI=1S/C14H20O.C2H6/c1-6-10-13(9-4)14(11-7-2)15-12(5)8-3;1-2/h6-7,9-11H,4-5,8H2,1-3H3;1-2H3/b10-6-,11-7-,14-13+;. The van der Waals surface area contributed by atoms with Crippen LogP contribution in [0.4, 0.5) is 0 Å². The Morgan fingerprint density at radius 1 is 1.12 bits per heavy atom. The molecule has 0 radical (unpaired) electrons. The first-order valence-corrected chi connectivity index (χ1v) is 6.17. The molecule has 1 nitrogen and oxygen atoms in total. The summed E-state index contributed by atoms with van der Waals surface area (Å²) in [7, 11) is 0. The average molecular weight is 234 g/mol. The second-order valence-electron chi connectivity index (χ2n) is 3.02. The minimum Gasteiger partial charge on any atom is -0.462 e. The summed E-state index contributed by atoms with van der Waals surface area (Å²) in [6, 6.07) is 0. The van der Waals surface area contributed by atoms with Crippen molar-refractivity contribution in [3.8, 4) is 0 Å². The fourth-order valence-electron chi connectivity index (χ4n) is 0.999. The molecule has 0 aliphatic carbocycles. The lowest BCUT2D eigenvalue weighted by molar-refractivity contribution is 0.308. The topological polar surface area (TPSA) is 9.23 Å². The van der Waals surface area contributed by atoms with Gasteiger partial charge >= 0.3 is 0 Å². The lowest BCUT2D eigenvalue weighted by Gasteiger charge is -2.09. The van der Waals surface area contributed by atoms with Crippen LogP contribution in [0.1, 0.15) is 41.0 Å². The minimum atomic E-state index is 0.756. The summed E-state index contributed by atoms with van der Waals surface area (Å²) in [5.74, 6) is 1.55. The lowest BCUT2D eigenvalue weighted by atomic mass is 10.2. The number of hydrogen-bond donors (Lipinski definition) is 0. The van der Waals surface area contributed by atoms with Crippen LogP contribution >= 0.6 is 0 Å². The Morgan fingerprint density at radius 3 is 2.00 bits per heavy atom. The number of ether oxygens (including phenoxy) is 1. The Hall–Kier alpha value is -1.50. The van der Waals surface area contributed by atoms with Crippen molar-refractivity contribution in [2.24, 2.45) is 0 Å². The van der Waals surface area contributed by atoms with Gasteiger partial charge in [0.05, 0.1) is 5.76 Å². The Morgan fingerprint density at radius 2 is 1.65 bits per heavy atom. The Kier molecular flexibility index (Phi) is 13.2. The first-order chi connectivity index (χ1) is 8.19. The van der Waals surface area contributed by atoms with Gasteiger partial charge in [0.1, 0.15) is 5.76 Å². The van der Waals surface area contributed by atoms with Gasteiger partial charge in [0.2, 0.25) is 0 Å². The first kappa shape index (κ1) is 17.9. The molecule has 17 heavy (non-hydrogen) atoms. The second kappa shape index (κ2) is 12.6. The van der Waals surface area contributed by atoms with Crippen molar-refractivity contribution >= 4 is 0 Å². The zero-order chi connectivity index (χ0) is 13.7. The van der Waals surface area contributed by atoms with Gasteiger partial charge in [-0.2, -0.15) is 0 Å². The maximum absolute atomic E-state index is 5.62. The van der Waals surface area contributed by atoms with Gasteiger partial charge in [-0.15, -0.1) is 0 Å². The van der Waals surface area contributed by atoms with Gasteiger partial charge in [0.25, 0.3) is 0 Å². The first-order valence-electron chi connectivity index (χ1n) is 6.17. The summed E-state index contributed by atoms with van der Waals surface area (Å²) < 4.78 is 5.62. The van der Waals surface area contributed by atoms with Crippen molar-refractivity contribution in [3.63, 3.8) is 0 Å². The maximum atomic E-state index is 5.62. The van der Waals surface area contributed by atoms with Gasteiger partial charge in [-0.1, -0.05) is 58.2 Å². The van der Waals surface area contributed by atoms with Crippen molar-refractivity contribution in [3.05, 3.63) is 60.6 Å². The molecule has 0 aliphatic heterocycles. The van der Waals surface area contributed by atoms with Gasteiger partial charge in [0, 0.05) is 12.0 Å². The van der Waals surface area contributed by atoms with Crippen LogP contribution in [0.2, 0.25) is 0 Å². The van der Waals surface area contributed by atoms with Gasteiger partial charge in [-0.25, -0.2) is 0 Å². The molecular weight excluding hydrogens is 208 g/mol. The summed E-state index contributed by atoms with van der Waals surface area (Å²) in [5, 5.41) is 0. The van der Waals surface area contributed by atoms with Crippen molar-refractivity contribution in [1.82, 2.24) is 0 Å². The molecule has 96 valence electrons. The van der Waals surface area contributed by atoms with Crippen LogP contribution < -0.4 is 0 Å². The predicted octanol–water partition coefficient (Wildman–Crippen LogP) is 5.55. The van der Waals surface area contributed by atoms with Crippen LogP contribution in [0.5, 0.6) is 0 Å². The van der Waals surface area contributed by atoms with E-state index in [0.717, 1.165) is 23.5 Å². The fraction of sp³-hybridized carbons (Fsp3) is 0.375. The molecule has 0 saturated heterocycles. The van der Waals surface area contributed by atoms with E-state index in [2.05, 4.69) is 13.2 Å². The molecule has 0 aromatic rings. The SMILES string of the molecule is C=CC(/C=C\C)=C(/C=C\C)OC(=C)CC.CC. The second-order valence-corrected chi connectivity index (χ2v) is 3.02. The third-order valence-electron chi connectivity index (χ3n) is 1.82. The normalized spacial score (nSPS) is 11.8. The van der Waals surface area contributed by atoms with E-state index < -0.39 is 0 Å². The van der Waals surface area contributed by atoms with E-state index in [1.165, 1.54) is 0 Å². The lowest BCUT2D eigenvalue weighted by Crippen LogP contribution is -1.92. The van der Waals surface area contributed by atoms with Crippen LogP contribution in [0.25, 0.3) is 0 Å². The van der Waals surface area contributed by atoms with Crippen molar-refractivity contribution < 1.29 is 4.74 Å². The molecule has 0 bridgehead atoms. The molecule has 0 aromatic heterocycles. The summed E-state index contributed by atoms with van der Waals surface area (Å²) in [4.78, 5) is 0. The van der Waals surface area contributed by atoms with E-state index in [0.29, 0.717) is 0 Å². The van der Waals surface area contributed by atoms with E-state index in [-0.39, 0.29) is 0 Å². The zero-order valence-corrected chi connectivity index (χ0v) is 11.9. The van der Waals surface area contributed by atoms with Crippen molar-refractivity contribution in [2.45, 2.75) is 41.0 Å². The van der Waals surface area contributed by atoms with E-state index in [1.54, 1.807) is 6.08 Å². The Bertz CT molecular complexity index is 303. The molecule has 0 heterocycles. The highest BCUT2D eigenvalue weighted by atomic mass is 16.5. The molecule has 0 aliphatic rings. The molecule has 0 N–H and O–H groups in total. The molecule has 0 rings (SSSR count). The molecule has 1 heteroatoms. The van der Waals surface area contributed by atoms with Crippen molar-refractivity contribution in [1.29, 1.82) is 0 Å². The van der Waals surface area contributed by atoms with Gasteiger partial charge in [-0.05, 0) is 19.9 Å². The van der Waals surface area contributed by atoms with Crippen LogP contribution in [0.15, 0.2) is 60.6 Å². The largest absolute Gasteiger partial charge is 0.462 e. The quantitative estimate of drug-likeness (QED) is 0.433. The summed E-state index contributed by atoms with van der Waals surface area (Å²) in [5.41, 5.74) is 0.963. The summed E-state index contributed by atoms with van der Waals surface area (Å²) in [6.07, 6.45) is 10.4. The van der Waals surface area contributed by atoms with E-state index in [4.69, 9.17) is 4.74 Å². The van der Waals surface area contributed by atoms with Crippen LogP contribution in [-0.4, -0.2) is 0 Å². The van der Waals surface area contributed by atoms with Crippen LogP contribution in [-0.2, 0) is 4.74 Å². The molecule has 0 spiro atoms. The number of rotatable bonds is 6. The summed E-state index contributed by atoms with van der Waals surface area (Å²) in [6.45, 7) is 17.5. The zero-order valence-electron chi connectivity index (χ0n) is 11.9. The van der Waals surface area contributed by atoms with Crippen LogP contribution in [0.3, 0.4) is 0 Å². The third-order valence-corrected chi connectivity index (χ3v) is 1.82. The highest BCUT2D eigenvalue weighted by molar-refractivity contribution is 5.37. The Balaban J connectivity index is 0. The minimum absolute atomic E-state index is 0.756. The summed E-state index contributed by atoms with van der Waals surface area (Å²) >= 11 is 0. The van der Waals surface area contributed by atoms with Crippen LogP contribution in [0, 0.1) is 0 Å². The molecule has 0 saturated carbocycles. The predicted molar refractivity (Wildman–Crippen MR) is 78.7 cm³/mol.